The van der Waals surface area contributed by atoms with Crippen LogP contribution in [0.2, 0.25) is 0 Å². The van der Waals surface area contributed by atoms with E-state index in [0.717, 1.165) is 5.69 Å². The molecule has 0 bridgehead atoms. The largest absolute Gasteiger partial charge is 0.396 e. The highest BCUT2D eigenvalue weighted by Crippen LogP contribution is 2.36. The molecule has 0 aliphatic heterocycles. The number of hydrogen-bond acceptors (Lipinski definition) is 6. The first-order valence-corrected chi connectivity index (χ1v) is 6.24. The summed E-state index contributed by atoms with van der Waals surface area (Å²) in [5, 5.41) is 29.2. The Hall–Kier alpha value is -1.57. The van der Waals surface area contributed by atoms with Crippen molar-refractivity contribution in [3.8, 4) is 0 Å². The normalized spacial score (nSPS) is 31.2. The van der Waals surface area contributed by atoms with E-state index < -0.39 is 12.2 Å². The number of aliphatic hydroxyl groups excluding tert-OH is 3. The maximum Gasteiger partial charge on any atom is 0.163 e. The zero-order chi connectivity index (χ0) is 13.6. The average molecular weight is 264 g/mol. The molecule has 3 N–H and O–H groups in total. The van der Waals surface area contributed by atoms with E-state index in [2.05, 4.69) is 15.0 Å². The molecular weight excluding hydrogens is 248 g/mol. The second-order valence-electron chi connectivity index (χ2n) is 5.01. The molecule has 19 heavy (non-hydrogen) atoms. The molecule has 0 unspecified atom stereocenters. The first-order chi connectivity index (χ1) is 9.13. The smallest absolute Gasteiger partial charge is 0.163 e. The first-order valence-electron chi connectivity index (χ1n) is 6.24. The molecule has 1 fully saturated rings. The molecule has 102 valence electrons. The van der Waals surface area contributed by atoms with Crippen molar-refractivity contribution in [3.05, 3.63) is 18.3 Å². The highest BCUT2D eigenvalue weighted by molar-refractivity contribution is 5.72. The van der Waals surface area contributed by atoms with Crippen molar-refractivity contribution < 1.29 is 15.3 Å². The molecular formula is C12H16N4O3. The molecule has 3 rings (SSSR count). The maximum atomic E-state index is 10.1. The number of rotatable bonds is 2. The van der Waals surface area contributed by atoms with Crippen molar-refractivity contribution >= 4 is 11.2 Å². The molecule has 1 aliphatic rings. The fraction of sp³-hybridized carbons (Fsp3) is 0.583. The lowest BCUT2D eigenvalue weighted by atomic mass is 10.1. The van der Waals surface area contributed by atoms with Gasteiger partial charge in [0.05, 0.1) is 24.2 Å². The number of aryl methyl sites for hydroxylation is 1. The van der Waals surface area contributed by atoms with E-state index in [1.54, 1.807) is 10.9 Å². The minimum Gasteiger partial charge on any atom is -0.396 e. The van der Waals surface area contributed by atoms with Crippen molar-refractivity contribution in [1.82, 2.24) is 19.5 Å². The van der Waals surface area contributed by atoms with Crippen LogP contribution in [0.1, 0.15) is 18.2 Å². The number of nitrogens with zero attached hydrogens (tertiary/aromatic N) is 4. The van der Waals surface area contributed by atoms with E-state index in [-0.39, 0.29) is 18.6 Å². The lowest BCUT2D eigenvalue weighted by molar-refractivity contribution is -0.00370. The first kappa shape index (κ1) is 12.5. The van der Waals surface area contributed by atoms with Crippen LogP contribution >= 0.6 is 0 Å². The highest BCUT2D eigenvalue weighted by atomic mass is 16.3. The third-order valence-electron chi connectivity index (χ3n) is 3.90. The van der Waals surface area contributed by atoms with Gasteiger partial charge in [-0.05, 0) is 13.3 Å². The Morgan fingerprint density at radius 2 is 2.05 bits per heavy atom. The van der Waals surface area contributed by atoms with Crippen LogP contribution in [-0.4, -0.2) is 53.7 Å². The molecule has 0 aromatic carbocycles. The molecule has 0 saturated heterocycles. The Kier molecular flexibility index (Phi) is 2.96. The van der Waals surface area contributed by atoms with Crippen molar-refractivity contribution in [1.29, 1.82) is 0 Å². The van der Waals surface area contributed by atoms with Crippen molar-refractivity contribution in [2.75, 3.05) is 6.61 Å². The van der Waals surface area contributed by atoms with E-state index in [1.165, 1.54) is 6.33 Å². The molecule has 0 amide bonds. The van der Waals surface area contributed by atoms with E-state index in [4.69, 9.17) is 0 Å². The van der Waals surface area contributed by atoms with Crippen LogP contribution in [-0.2, 0) is 0 Å². The summed E-state index contributed by atoms with van der Waals surface area (Å²) >= 11 is 0. The summed E-state index contributed by atoms with van der Waals surface area (Å²) in [7, 11) is 0. The van der Waals surface area contributed by atoms with Gasteiger partial charge < -0.3 is 19.9 Å². The van der Waals surface area contributed by atoms with Crippen LogP contribution in [0.3, 0.4) is 0 Å². The van der Waals surface area contributed by atoms with E-state index >= 15 is 0 Å². The molecule has 4 atom stereocenters. The predicted octanol–water partition coefficient (Wildman–Crippen LogP) is -0.590. The van der Waals surface area contributed by atoms with Gasteiger partial charge in [0, 0.05) is 12.5 Å². The van der Waals surface area contributed by atoms with Gasteiger partial charge in [0.1, 0.15) is 17.9 Å². The van der Waals surface area contributed by atoms with Crippen LogP contribution < -0.4 is 0 Å². The monoisotopic (exact) mass is 264 g/mol. The summed E-state index contributed by atoms with van der Waals surface area (Å²) < 4.78 is 1.76. The Bertz CT molecular complexity index is 600. The van der Waals surface area contributed by atoms with E-state index in [1.807, 2.05) is 6.92 Å². The number of fused-ring (bicyclic) bond motifs is 1. The summed E-state index contributed by atoms with van der Waals surface area (Å²) in [6.45, 7) is 1.70. The Labute approximate surface area is 109 Å². The molecule has 0 spiro atoms. The van der Waals surface area contributed by atoms with Crippen LogP contribution in [0.25, 0.3) is 11.2 Å². The Balaban J connectivity index is 2.04. The second-order valence-corrected chi connectivity index (χ2v) is 5.01. The maximum absolute atomic E-state index is 10.1. The van der Waals surface area contributed by atoms with E-state index in [0.29, 0.717) is 17.6 Å². The number of aliphatic hydroxyl groups is 3. The third kappa shape index (κ3) is 1.81. The summed E-state index contributed by atoms with van der Waals surface area (Å²) in [4.78, 5) is 12.5. The third-order valence-corrected chi connectivity index (χ3v) is 3.90. The summed E-state index contributed by atoms with van der Waals surface area (Å²) in [5.41, 5.74) is 2.11. The minimum atomic E-state index is -0.926. The Morgan fingerprint density at radius 3 is 2.74 bits per heavy atom. The van der Waals surface area contributed by atoms with Gasteiger partial charge in [-0.2, -0.15) is 0 Å². The molecule has 2 heterocycles. The van der Waals surface area contributed by atoms with Crippen molar-refractivity contribution in [2.24, 2.45) is 5.92 Å². The summed E-state index contributed by atoms with van der Waals surface area (Å²) in [6.07, 6.45) is 1.71. The quantitative estimate of drug-likeness (QED) is 0.669. The fourth-order valence-electron chi connectivity index (χ4n) is 2.77. The molecule has 1 aliphatic carbocycles. The fourth-order valence-corrected chi connectivity index (χ4v) is 2.77. The van der Waals surface area contributed by atoms with Crippen molar-refractivity contribution in [2.45, 2.75) is 31.6 Å². The lowest BCUT2D eigenvalue weighted by Crippen LogP contribution is -2.30. The zero-order valence-electron chi connectivity index (χ0n) is 10.5. The van der Waals surface area contributed by atoms with Crippen LogP contribution in [0.15, 0.2) is 12.7 Å². The van der Waals surface area contributed by atoms with Gasteiger partial charge in [-0.1, -0.05) is 0 Å². The molecule has 7 heteroatoms. The van der Waals surface area contributed by atoms with Gasteiger partial charge in [-0.15, -0.1) is 0 Å². The zero-order valence-corrected chi connectivity index (χ0v) is 10.5. The molecule has 2 aromatic heterocycles. The predicted molar refractivity (Wildman–Crippen MR) is 66.3 cm³/mol. The van der Waals surface area contributed by atoms with Gasteiger partial charge in [0.25, 0.3) is 0 Å². The topological polar surface area (TPSA) is 104 Å². The van der Waals surface area contributed by atoms with Gasteiger partial charge in [0.15, 0.2) is 5.65 Å². The van der Waals surface area contributed by atoms with Gasteiger partial charge in [-0.25, -0.2) is 15.0 Å². The lowest BCUT2D eigenvalue weighted by Gasteiger charge is -2.18. The SMILES string of the molecule is Cc1ncnc2c1ncn2[C@H]1C[C@@H](CO)[C@H](O)[C@@H]1O. The van der Waals surface area contributed by atoms with Crippen LogP contribution in [0, 0.1) is 12.8 Å². The second kappa shape index (κ2) is 4.52. The van der Waals surface area contributed by atoms with Crippen LogP contribution in [0.5, 0.6) is 0 Å². The number of hydrogen-bond donors (Lipinski definition) is 3. The van der Waals surface area contributed by atoms with Crippen molar-refractivity contribution in [3.63, 3.8) is 0 Å². The van der Waals surface area contributed by atoms with Crippen LogP contribution in [0.4, 0.5) is 0 Å². The average Bonchev–Trinajstić information content (AvgIpc) is 2.94. The highest BCUT2D eigenvalue weighted by Gasteiger charge is 2.42. The number of imidazole rings is 1. The molecule has 1 saturated carbocycles. The molecule has 2 aromatic rings. The molecule has 0 radical (unpaired) electrons. The summed E-state index contributed by atoms with van der Waals surface area (Å²) in [5.74, 6) is -0.319. The van der Waals surface area contributed by atoms with Gasteiger partial charge in [0.2, 0.25) is 0 Å². The van der Waals surface area contributed by atoms with E-state index in [9.17, 15) is 15.3 Å². The standard InChI is InChI=1S/C12H16N4O3/c1-6-9-12(14-4-13-6)16(5-15-9)8-2-7(3-17)10(18)11(8)19/h4-5,7-8,10-11,17-19H,2-3H2,1H3/t7-,8-,10-,11+/m0/s1. The van der Waals surface area contributed by atoms with Gasteiger partial charge in [-0.3, -0.25) is 0 Å². The molecule has 7 nitrogen and oxygen atoms in total. The Morgan fingerprint density at radius 1 is 1.26 bits per heavy atom. The van der Waals surface area contributed by atoms with Gasteiger partial charge >= 0.3 is 0 Å². The number of aromatic nitrogens is 4. The summed E-state index contributed by atoms with van der Waals surface area (Å²) in [6, 6.07) is -0.327. The minimum absolute atomic E-state index is 0.143.